The molecule has 0 radical (unpaired) electrons. The number of nitro benzene ring substituents is 1. The standard InChI is InChI=1S/C18H19N5O5S/c1-21-9-14(8-19-21)17-12-29(26,27)7-6-22(17)10-15-11-28-18(20-15)13-2-4-16(5-3-13)23(24)25/h2-5,8-9,11,17H,6-7,10,12H2,1H3/t17-/m0/s1. The number of hydrogen-bond acceptors (Lipinski definition) is 8. The second-order valence-electron chi connectivity index (χ2n) is 7.00. The fourth-order valence-electron chi connectivity index (χ4n) is 3.40. The summed E-state index contributed by atoms with van der Waals surface area (Å²) >= 11 is 0. The normalized spacial score (nSPS) is 19.3. The van der Waals surface area contributed by atoms with Gasteiger partial charge in [-0.1, -0.05) is 0 Å². The molecule has 0 spiro atoms. The minimum Gasteiger partial charge on any atom is -0.444 e. The third-order valence-corrected chi connectivity index (χ3v) is 6.52. The van der Waals surface area contributed by atoms with E-state index in [1.54, 1.807) is 30.1 Å². The largest absolute Gasteiger partial charge is 0.444 e. The van der Waals surface area contributed by atoms with Crippen LogP contribution in [0.25, 0.3) is 11.5 Å². The summed E-state index contributed by atoms with van der Waals surface area (Å²) < 4.78 is 31.5. The molecule has 0 aliphatic carbocycles. The third-order valence-electron chi connectivity index (χ3n) is 4.89. The summed E-state index contributed by atoms with van der Waals surface area (Å²) in [7, 11) is -1.33. The molecule has 1 fully saturated rings. The minimum atomic E-state index is -3.12. The van der Waals surface area contributed by atoms with Crippen molar-refractivity contribution in [3.8, 4) is 11.5 Å². The van der Waals surface area contributed by atoms with Crippen molar-refractivity contribution in [3.05, 3.63) is 64.3 Å². The first kappa shape index (κ1) is 19.3. The molecular formula is C18H19N5O5S. The zero-order valence-electron chi connectivity index (χ0n) is 15.6. The molecule has 0 bridgehead atoms. The number of aryl methyl sites for hydroxylation is 1. The first-order valence-corrected chi connectivity index (χ1v) is 10.7. The highest BCUT2D eigenvalue weighted by Crippen LogP contribution is 2.29. The molecule has 0 N–H and O–H groups in total. The molecule has 29 heavy (non-hydrogen) atoms. The van der Waals surface area contributed by atoms with Crippen molar-refractivity contribution in [2.45, 2.75) is 12.6 Å². The highest BCUT2D eigenvalue weighted by molar-refractivity contribution is 7.91. The number of aromatic nitrogens is 3. The van der Waals surface area contributed by atoms with E-state index in [0.717, 1.165) is 5.56 Å². The predicted molar refractivity (Wildman–Crippen MR) is 104 cm³/mol. The fourth-order valence-corrected chi connectivity index (χ4v) is 4.96. The van der Waals surface area contributed by atoms with E-state index in [2.05, 4.69) is 15.0 Å². The average Bonchev–Trinajstić information content (AvgIpc) is 3.32. The van der Waals surface area contributed by atoms with E-state index in [0.29, 0.717) is 30.2 Å². The Bertz CT molecular complexity index is 1140. The SMILES string of the molecule is Cn1cc([C@@H]2CS(=O)(=O)CCN2Cc2coc(-c3ccc([N+](=O)[O-])cc3)n2)cn1. The van der Waals surface area contributed by atoms with Gasteiger partial charge in [0.1, 0.15) is 6.26 Å². The Hall–Kier alpha value is -3.05. The van der Waals surface area contributed by atoms with Crippen LogP contribution in [0.2, 0.25) is 0 Å². The van der Waals surface area contributed by atoms with Gasteiger partial charge in [-0.3, -0.25) is 19.7 Å². The second kappa shape index (κ2) is 7.41. The van der Waals surface area contributed by atoms with Gasteiger partial charge >= 0.3 is 0 Å². The van der Waals surface area contributed by atoms with Crippen molar-refractivity contribution in [2.24, 2.45) is 7.05 Å². The van der Waals surface area contributed by atoms with Crippen molar-refractivity contribution in [1.29, 1.82) is 0 Å². The first-order chi connectivity index (χ1) is 13.8. The Morgan fingerprint density at radius 3 is 2.72 bits per heavy atom. The first-order valence-electron chi connectivity index (χ1n) is 8.93. The van der Waals surface area contributed by atoms with Gasteiger partial charge in [0, 0.05) is 49.6 Å². The predicted octanol–water partition coefficient (Wildman–Crippen LogP) is 1.95. The lowest BCUT2D eigenvalue weighted by Gasteiger charge is -2.34. The van der Waals surface area contributed by atoms with Gasteiger partial charge in [-0.2, -0.15) is 5.10 Å². The molecule has 1 aliphatic heterocycles. The summed E-state index contributed by atoms with van der Waals surface area (Å²) in [5, 5.41) is 14.9. The zero-order valence-corrected chi connectivity index (χ0v) is 16.4. The number of nitrogens with zero attached hydrogens (tertiary/aromatic N) is 5. The minimum absolute atomic E-state index is 0.00521. The van der Waals surface area contributed by atoms with Crippen LogP contribution in [0.3, 0.4) is 0 Å². The summed E-state index contributed by atoms with van der Waals surface area (Å²) in [6.45, 7) is 0.813. The van der Waals surface area contributed by atoms with Gasteiger partial charge in [-0.25, -0.2) is 13.4 Å². The lowest BCUT2D eigenvalue weighted by molar-refractivity contribution is -0.384. The van der Waals surface area contributed by atoms with Crippen LogP contribution in [-0.4, -0.2) is 51.1 Å². The number of non-ortho nitro benzene ring substituents is 1. The summed E-state index contributed by atoms with van der Waals surface area (Å²) in [5.41, 5.74) is 2.13. The number of nitro groups is 1. The van der Waals surface area contributed by atoms with Crippen LogP contribution in [0.1, 0.15) is 17.3 Å². The zero-order chi connectivity index (χ0) is 20.6. The molecule has 3 heterocycles. The van der Waals surface area contributed by atoms with E-state index in [9.17, 15) is 18.5 Å². The van der Waals surface area contributed by atoms with E-state index < -0.39 is 14.8 Å². The van der Waals surface area contributed by atoms with E-state index in [1.165, 1.54) is 18.4 Å². The maximum Gasteiger partial charge on any atom is 0.269 e. The second-order valence-corrected chi connectivity index (χ2v) is 9.22. The van der Waals surface area contributed by atoms with Crippen molar-refractivity contribution < 1.29 is 17.8 Å². The molecule has 152 valence electrons. The monoisotopic (exact) mass is 417 g/mol. The molecule has 0 amide bonds. The molecule has 1 saturated heterocycles. The summed E-state index contributed by atoms with van der Waals surface area (Å²) in [4.78, 5) is 16.8. The fraction of sp³-hybridized carbons (Fsp3) is 0.333. The van der Waals surface area contributed by atoms with E-state index in [-0.39, 0.29) is 23.2 Å². The Morgan fingerprint density at radius 1 is 1.31 bits per heavy atom. The van der Waals surface area contributed by atoms with Crippen LogP contribution in [0.15, 0.2) is 47.3 Å². The van der Waals surface area contributed by atoms with Crippen molar-refractivity contribution in [3.63, 3.8) is 0 Å². The Balaban J connectivity index is 1.54. The highest BCUT2D eigenvalue weighted by Gasteiger charge is 2.33. The topological polar surface area (TPSA) is 124 Å². The van der Waals surface area contributed by atoms with Gasteiger partial charge in [-0.05, 0) is 12.1 Å². The maximum atomic E-state index is 12.2. The molecule has 1 atom stereocenters. The molecule has 10 nitrogen and oxygen atoms in total. The Labute approximate surface area is 166 Å². The number of hydrogen-bond donors (Lipinski definition) is 0. The molecule has 4 rings (SSSR count). The van der Waals surface area contributed by atoms with Gasteiger partial charge in [0.25, 0.3) is 5.69 Å². The van der Waals surface area contributed by atoms with Crippen LogP contribution in [-0.2, 0) is 23.4 Å². The molecule has 0 unspecified atom stereocenters. The average molecular weight is 417 g/mol. The summed E-state index contributed by atoms with van der Waals surface area (Å²) in [5.74, 6) is 0.486. The maximum absolute atomic E-state index is 12.2. The van der Waals surface area contributed by atoms with Crippen LogP contribution >= 0.6 is 0 Å². The van der Waals surface area contributed by atoms with Crippen LogP contribution in [0.4, 0.5) is 5.69 Å². The summed E-state index contributed by atoms with van der Waals surface area (Å²) in [6.07, 6.45) is 5.04. The van der Waals surface area contributed by atoms with Gasteiger partial charge in [-0.15, -0.1) is 0 Å². The van der Waals surface area contributed by atoms with Crippen molar-refractivity contribution >= 4 is 15.5 Å². The van der Waals surface area contributed by atoms with Gasteiger partial charge in [0.15, 0.2) is 9.84 Å². The quantitative estimate of drug-likeness (QED) is 0.456. The smallest absolute Gasteiger partial charge is 0.269 e. The molecular weight excluding hydrogens is 398 g/mol. The highest BCUT2D eigenvalue weighted by atomic mass is 32.2. The van der Waals surface area contributed by atoms with Crippen molar-refractivity contribution in [1.82, 2.24) is 19.7 Å². The van der Waals surface area contributed by atoms with Crippen LogP contribution < -0.4 is 0 Å². The van der Waals surface area contributed by atoms with E-state index in [1.807, 2.05) is 6.20 Å². The molecule has 3 aromatic rings. The molecule has 11 heteroatoms. The lowest BCUT2D eigenvalue weighted by atomic mass is 10.1. The van der Waals surface area contributed by atoms with E-state index in [4.69, 9.17) is 4.42 Å². The van der Waals surface area contributed by atoms with Crippen LogP contribution in [0.5, 0.6) is 0 Å². The number of rotatable bonds is 5. The molecule has 1 aromatic carbocycles. The number of oxazole rings is 1. The lowest BCUT2D eigenvalue weighted by Crippen LogP contribution is -2.42. The Morgan fingerprint density at radius 2 is 2.07 bits per heavy atom. The summed E-state index contributed by atoms with van der Waals surface area (Å²) in [6, 6.07) is 5.65. The van der Waals surface area contributed by atoms with Gasteiger partial charge < -0.3 is 4.42 Å². The Kier molecular flexibility index (Phi) is 4.92. The van der Waals surface area contributed by atoms with E-state index >= 15 is 0 Å². The van der Waals surface area contributed by atoms with Crippen molar-refractivity contribution in [2.75, 3.05) is 18.1 Å². The number of sulfone groups is 1. The molecule has 1 aliphatic rings. The third kappa shape index (κ3) is 4.20. The molecule has 2 aromatic heterocycles. The van der Waals surface area contributed by atoms with Gasteiger partial charge in [0.05, 0.1) is 34.4 Å². The number of benzene rings is 1. The van der Waals surface area contributed by atoms with Crippen LogP contribution in [0, 0.1) is 10.1 Å². The van der Waals surface area contributed by atoms with Gasteiger partial charge in [0.2, 0.25) is 5.89 Å². The molecule has 0 saturated carbocycles.